The van der Waals surface area contributed by atoms with Gasteiger partial charge in [0.15, 0.2) is 0 Å². The van der Waals surface area contributed by atoms with E-state index in [2.05, 4.69) is 15.5 Å². The van der Waals surface area contributed by atoms with Crippen molar-refractivity contribution in [1.82, 2.24) is 15.1 Å². The van der Waals surface area contributed by atoms with Crippen LogP contribution in [-0.4, -0.2) is 72.4 Å². The highest BCUT2D eigenvalue weighted by atomic mass is 16.6. The van der Waals surface area contributed by atoms with Crippen LogP contribution >= 0.6 is 0 Å². The second-order valence-electron chi connectivity index (χ2n) is 6.31. The van der Waals surface area contributed by atoms with Crippen molar-refractivity contribution in [2.24, 2.45) is 0 Å². The van der Waals surface area contributed by atoms with Crippen LogP contribution in [0.25, 0.3) is 0 Å². The van der Waals surface area contributed by atoms with Gasteiger partial charge in [0.25, 0.3) is 5.69 Å². The van der Waals surface area contributed by atoms with Crippen molar-refractivity contribution in [1.29, 1.82) is 0 Å². The third-order valence-corrected chi connectivity index (χ3v) is 4.27. The number of carbonyl (C=O) groups is 2. The minimum atomic E-state index is -0.459. The Labute approximate surface area is 152 Å². The normalized spacial score (nSPS) is 15.5. The van der Waals surface area contributed by atoms with Gasteiger partial charge < -0.3 is 10.6 Å². The average Bonchev–Trinajstić information content (AvgIpc) is 2.58. The first-order valence-electron chi connectivity index (χ1n) is 8.65. The number of hydrogen-bond donors (Lipinski definition) is 2. The molecule has 142 valence electrons. The zero-order valence-electron chi connectivity index (χ0n) is 15.2. The molecule has 2 rings (SSSR count). The molecule has 0 aromatic heterocycles. The summed E-state index contributed by atoms with van der Waals surface area (Å²) in [4.78, 5) is 38.2. The maximum atomic E-state index is 12.2. The molecule has 1 aromatic carbocycles. The molecule has 2 amide bonds. The number of nitrogens with one attached hydrogen (secondary N) is 2. The van der Waals surface area contributed by atoms with E-state index in [0.29, 0.717) is 37.4 Å². The van der Waals surface area contributed by atoms with Crippen molar-refractivity contribution in [3.05, 3.63) is 33.9 Å². The Bertz CT molecular complexity index is 671. The number of anilines is 1. The minimum absolute atomic E-state index is 0.00345. The lowest BCUT2D eigenvalue weighted by atomic mass is 10.2. The van der Waals surface area contributed by atoms with E-state index in [1.165, 1.54) is 12.1 Å². The molecule has 1 aliphatic rings. The first-order valence-corrected chi connectivity index (χ1v) is 8.65. The van der Waals surface area contributed by atoms with Crippen molar-refractivity contribution in [2.45, 2.75) is 13.8 Å². The summed E-state index contributed by atoms with van der Waals surface area (Å²) in [7, 11) is 0. The summed E-state index contributed by atoms with van der Waals surface area (Å²) in [6.07, 6.45) is 0. The maximum Gasteiger partial charge on any atom is 0.269 e. The number of amides is 2. The summed E-state index contributed by atoms with van der Waals surface area (Å²) in [5.41, 5.74) is 1.23. The van der Waals surface area contributed by atoms with Crippen LogP contribution in [0.4, 0.5) is 11.4 Å². The van der Waals surface area contributed by atoms with Gasteiger partial charge in [-0.1, -0.05) is 0 Å². The number of aryl methyl sites for hydroxylation is 1. The van der Waals surface area contributed by atoms with Crippen molar-refractivity contribution in [3.63, 3.8) is 0 Å². The molecule has 1 heterocycles. The number of carbonyl (C=O) groups excluding carboxylic acids is 2. The minimum Gasteiger partial charge on any atom is -0.355 e. The second-order valence-corrected chi connectivity index (χ2v) is 6.31. The van der Waals surface area contributed by atoms with E-state index in [-0.39, 0.29) is 24.0 Å². The quantitative estimate of drug-likeness (QED) is 0.542. The number of likely N-dealkylation sites (N-methyl/N-ethyl adjacent to an activating group) is 1. The highest BCUT2D eigenvalue weighted by Crippen LogP contribution is 2.21. The number of non-ortho nitro benzene ring substituents is 1. The molecule has 1 fully saturated rings. The summed E-state index contributed by atoms with van der Waals surface area (Å²) < 4.78 is 0. The molecule has 0 radical (unpaired) electrons. The fourth-order valence-electron chi connectivity index (χ4n) is 2.86. The van der Waals surface area contributed by atoms with Gasteiger partial charge in [-0.25, -0.2) is 0 Å². The van der Waals surface area contributed by atoms with E-state index in [1.54, 1.807) is 13.0 Å². The topological polar surface area (TPSA) is 108 Å². The SMILES string of the molecule is CCNC(=O)CN1CCN(CC(=O)Nc2ccc([N+](=O)[O-])cc2C)CC1. The van der Waals surface area contributed by atoms with E-state index < -0.39 is 4.92 Å². The monoisotopic (exact) mass is 363 g/mol. The van der Waals surface area contributed by atoms with Crippen LogP contribution in [-0.2, 0) is 9.59 Å². The molecule has 0 unspecified atom stereocenters. The molecule has 0 atom stereocenters. The van der Waals surface area contributed by atoms with Gasteiger partial charge in [0.05, 0.1) is 18.0 Å². The van der Waals surface area contributed by atoms with E-state index in [1.807, 2.05) is 11.8 Å². The molecule has 0 aliphatic carbocycles. The van der Waals surface area contributed by atoms with Gasteiger partial charge in [-0.2, -0.15) is 0 Å². The Morgan fingerprint density at radius 3 is 2.19 bits per heavy atom. The lowest BCUT2D eigenvalue weighted by molar-refractivity contribution is -0.384. The molecule has 0 bridgehead atoms. The Hall–Kier alpha value is -2.52. The molecule has 1 saturated heterocycles. The summed E-state index contributed by atoms with van der Waals surface area (Å²) in [5.74, 6) is -0.133. The molecule has 1 aromatic rings. The third kappa shape index (κ3) is 5.78. The standard InChI is InChI=1S/C17H25N5O4/c1-3-18-16(23)11-20-6-8-21(9-7-20)12-17(24)19-15-5-4-14(22(25)26)10-13(15)2/h4-5,10H,3,6-9,11-12H2,1-2H3,(H,18,23)(H,19,24). The van der Waals surface area contributed by atoms with Gasteiger partial charge in [-0.3, -0.25) is 29.5 Å². The van der Waals surface area contributed by atoms with Crippen LogP contribution in [0.5, 0.6) is 0 Å². The zero-order valence-corrected chi connectivity index (χ0v) is 15.2. The number of hydrogen-bond acceptors (Lipinski definition) is 6. The van der Waals surface area contributed by atoms with Crippen LogP contribution in [0.15, 0.2) is 18.2 Å². The lowest BCUT2D eigenvalue weighted by Crippen LogP contribution is -2.51. The van der Waals surface area contributed by atoms with Crippen LogP contribution in [0.3, 0.4) is 0 Å². The van der Waals surface area contributed by atoms with Crippen LogP contribution in [0, 0.1) is 17.0 Å². The predicted molar refractivity (Wildman–Crippen MR) is 98.0 cm³/mol. The van der Waals surface area contributed by atoms with E-state index >= 15 is 0 Å². The largest absolute Gasteiger partial charge is 0.355 e. The molecule has 9 heteroatoms. The summed E-state index contributed by atoms with van der Waals surface area (Å²) in [6.45, 7) is 7.78. The highest BCUT2D eigenvalue weighted by Gasteiger charge is 2.20. The van der Waals surface area contributed by atoms with Crippen LogP contribution in [0.2, 0.25) is 0 Å². The van der Waals surface area contributed by atoms with E-state index in [0.717, 1.165) is 13.1 Å². The number of rotatable bonds is 7. The van der Waals surface area contributed by atoms with Crippen LogP contribution in [0.1, 0.15) is 12.5 Å². The smallest absolute Gasteiger partial charge is 0.269 e. The highest BCUT2D eigenvalue weighted by molar-refractivity contribution is 5.93. The van der Waals surface area contributed by atoms with E-state index in [9.17, 15) is 19.7 Å². The molecule has 26 heavy (non-hydrogen) atoms. The van der Waals surface area contributed by atoms with Crippen molar-refractivity contribution >= 4 is 23.2 Å². The van der Waals surface area contributed by atoms with Gasteiger partial charge in [0.1, 0.15) is 0 Å². The van der Waals surface area contributed by atoms with Crippen molar-refractivity contribution < 1.29 is 14.5 Å². The van der Waals surface area contributed by atoms with Crippen molar-refractivity contribution in [3.8, 4) is 0 Å². The molecule has 1 aliphatic heterocycles. The maximum absolute atomic E-state index is 12.2. The zero-order chi connectivity index (χ0) is 19.1. The first-order chi connectivity index (χ1) is 12.4. The Morgan fingerprint density at radius 1 is 1.12 bits per heavy atom. The number of nitro benzene ring substituents is 1. The number of nitro groups is 1. The van der Waals surface area contributed by atoms with Gasteiger partial charge in [-0.15, -0.1) is 0 Å². The van der Waals surface area contributed by atoms with Gasteiger partial charge in [-0.05, 0) is 25.5 Å². The molecular formula is C17H25N5O4. The Balaban J connectivity index is 1.79. The lowest BCUT2D eigenvalue weighted by Gasteiger charge is -2.33. The molecular weight excluding hydrogens is 338 g/mol. The van der Waals surface area contributed by atoms with Crippen LogP contribution < -0.4 is 10.6 Å². The number of benzene rings is 1. The first kappa shape index (κ1) is 19.8. The summed E-state index contributed by atoms with van der Waals surface area (Å²) >= 11 is 0. The number of nitrogens with zero attached hydrogens (tertiary/aromatic N) is 3. The summed E-state index contributed by atoms with van der Waals surface area (Å²) in [5, 5.41) is 16.3. The molecule has 0 spiro atoms. The molecule has 0 saturated carbocycles. The molecule has 9 nitrogen and oxygen atoms in total. The fraction of sp³-hybridized carbons (Fsp3) is 0.529. The van der Waals surface area contributed by atoms with Crippen molar-refractivity contribution in [2.75, 3.05) is 51.1 Å². The van der Waals surface area contributed by atoms with Gasteiger partial charge in [0, 0.05) is 50.5 Å². The van der Waals surface area contributed by atoms with E-state index in [4.69, 9.17) is 0 Å². The predicted octanol–water partition coefficient (Wildman–Crippen LogP) is 0.595. The number of piperazine rings is 1. The third-order valence-electron chi connectivity index (χ3n) is 4.27. The van der Waals surface area contributed by atoms with Gasteiger partial charge in [0.2, 0.25) is 11.8 Å². The Kier molecular flexibility index (Phi) is 7.05. The summed E-state index contributed by atoms with van der Waals surface area (Å²) in [6, 6.07) is 4.37. The Morgan fingerprint density at radius 2 is 1.69 bits per heavy atom. The second kappa shape index (κ2) is 9.25. The fourth-order valence-corrected chi connectivity index (χ4v) is 2.86. The van der Waals surface area contributed by atoms with Gasteiger partial charge >= 0.3 is 0 Å². The average molecular weight is 363 g/mol. The molecule has 2 N–H and O–H groups in total.